The Morgan fingerprint density at radius 2 is 2.22 bits per heavy atom. The number of rotatable bonds is 6. The first kappa shape index (κ1) is 12.9. The minimum absolute atomic E-state index is 0.396. The van der Waals surface area contributed by atoms with Crippen LogP contribution in [-0.2, 0) is 4.74 Å². The summed E-state index contributed by atoms with van der Waals surface area (Å²) in [6.07, 6.45) is 3.62. The molecular formula is C15H20N2O. The molecule has 1 aromatic carbocycles. The van der Waals surface area contributed by atoms with Crippen molar-refractivity contribution in [2.45, 2.75) is 26.2 Å². The minimum Gasteiger partial charge on any atom is -0.385 e. The molecule has 0 spiro atoms. The van der Waals surface area contributed by atoms with Gasteiger partial charge in [0.05, 0.1) is 11.3 Å². The predicted molar refractivity (Wildman–Crippen MR) is 72.5 cm³/mol. The molecule has 0 radical (unpaired) electrons. The van der Waals surface area contributed by atoms with E-state index in [1.165, 1.54) is 12.8 Å². The van der Waals surface area contributed by atoms with E-state index in [0.29, 0.717) is 5.41 Å². The maximum Gasteiger partial charge on any atom is 0.101 e. The number of ether oxygens (including phenoxy) is 1. The Bertz CT molecular complexity index is 458. The zero-order chi connectivity index (χ0) is 13.0. The maximum atomic E-state index is 9.12. The first-order valence-electron chi connectivity index (χ1n) is 6.43. The molecule has 3 nitrogen and oxygen atoms in total. The zero-order valence-electron chi connectivity index (χ0n) is 11.1. The number of nitrogens with one attached hydrogen (secondary N) is 1. The van der Waals surface area contributed by atoms with E-state index in [2.05, 4.69) is 11.4 Å². The molecule has 1 saturated carbocycles. The lowest BCUT2D eigenvalue weighted by Gasteiger charge is -2.17. The van der Waals surface area contributed by atoms with Gasteiger partial charge in [0.2, 0.25) is 0 Å². The molecule has 0 unspecified atom stereocenters. The second-order valence-electron chi connectivity index (χ2n) is 5.26. The third-order valence-electron chi connectivity index (χ3n) is 3.74. The molecule has 18 heavy (non-hydrogen) atoms. The lowest BCUT2D eigenvalue weighted by molar-refractivity contribution is 0.175. The van der Waals surface area contributed by atoms with Crippen molar-refractivity contribution in [3.8, 4) is 6.07 Å². The smallest absolute Gasteiger partial charge is 0.101 e. The molecule has 1 aromatic rings. The molecule has 0 heterocycles. The Balaban J connectivity index is 1.96. The van der Waals surface area contributed by atoms with E-state index in [4.69, 9.17) is 10.00 Å². The van der Waals surface area contributed by atoms with Crippen LogP contribution in [0.4, 0.5) is 5.69 Å². The van der Waals surface area contributed by atoms with Gasteiger partial charge in [-0.2, -0.15) is 5.26 Å². The van der Waals surface area contributed by atoms with Crippen LogP contribution < -0.4 is 5.32 Å². The molecule has 1 N–H and O–H groups in total. The highest BCUT2D eigenvalue weighted by molar-refractivity contribution is 5.58. The van der Waals surface area contributed by atoms with Crippen LogP contribution in [0.25, 0.3) is 0 Å². The van der Waals surface area contributed by atoms with Crippen LogP contribution in [0, 0.1) is 23.7 Å². The largest absolute Gasteiger partial charge is 0.385 e. The number of anilines is 1. The van der Waals surface area contributed by atoms with Crippen molar-refractivity contribution in [3.05, 3.63) is 29.3 Å². The van der Waals surface area contributed by atoms with Crippen molar-refractivity contribution in [3.63, 3.8) is 0 Å². The lowest BCUT2D eigenvalue weighted by atomic mass is 10.0. The molecule has 1 aliphatic rings. The maximum absolute atomic E-state index is 9.12. The number of hydrogen-bond acceptors (Lipinski definition) is 3. The van der Waals surface area contributed by atoms with Gasteiger partial charge in [-0.25, -0.2) is 0 Å². The number of methoxy groups -OCH3 is 1. The number of aryl methyl sites for hydroxylation is 1. The highest BCUT2D eigenvalue weighted by Gasteiger charge is 2.41. The first-order chi connectivity index (χ1) is 8.69. The molecule has 0 aliphatic heterocycles. The van der Waals surface area contributed by atoms with Gasteiger partial charge in [0, 0.05) is 20.3 Å². The van der Waals surface area contributed by atoms with Gasteiger partial charge in [0.1, 0.15) is 6.07 Å². The van der Waals surface area contributed by atoms with Crippen molar-refractivity contribution >= 4 is 5.69 Å². The molecule has 0 saturated heterocycles. The SMILES string of the molecule is COCCC1(CNc2ccc(C)cc2C#N)CC1. The zero-order valence-corrected chi connectivity index (χ0v) is 11.1. The Morgan fingerprint density at radius 1 is 1.44 bits per heavy atom. The fourth-order valence-electron chi connectivity index (χ4n) is 2.20. The predicted octanol–water partition coefficient (Wildman–Crippen LogP) is 3.10. The van der Waals surface area contributed by atoms with Crippen LogP contribution >= 0.6 is 0 Å². The van der Waals surface area contributed by atoms with Crippen LogP contribution in [0.15, 0.2) is 18.2 Å². The van der Waals surface area contributed by atoms with Gasteiger partial charge in [-0.1, -0.05) is 6.07 Å². The standard InChI is InChI=1S/C15H20N2O/c1-12-3-4-14(13(9-12)10-16)17-11-15(5-6-15)7-8-18-2/h3-4,9,17H,5-8,11H2,1-2H3. The molecule has 3 heteroatoms. The minimum atomic E-state index is 0.396. The van der Waals surface area contributed by atoms with Crippen LogP contribution in [-0.4, -0.2) is 20.3 Å². The summed E-state index contributed by atoms with van der Waals surface area (Å²) in [6.45, 7) is 3.76. The molecule has 96 valence electrons. The molecule has 0 bridgehead atoms. The normalized spacial score (nSPS) is 16.1. The lowest BCUT2D eigenvalue weighted by Crippen LogP contribution is -2.17. The van der Waals surface area contributed by atoms with Crippen LogP contribution in [0.3, 0.4) is 0 Å². The van der Waals surface area contributed by atoms with Gasteiger partial charge in [-0.05, 0) is 49.3 Å². The molecule has 0 atom stereocenters. The fourth-order valence-corrected chi connectivity index (χ4v) is 2.20. The molecule has 1 aliphatic carbocycles. The summed E-state index contributed by atoms with van der Waals surface area (Å²) in [7, 11) is 1.75. The molecular weight excluding hydrogens is 224 g/mol. The Morgan fingerprint density at radius 3 is 2.83 bits per heavy atom. The van der Waals surface area contributed by atoms with Crippen molar-refractivity contribution in [2.75, 3.05) is 25.6 Å². The monoisotopic (exact) mass is 244 g/mol. The Hall–Kier alpha value is -1.53. The third-order valence-corrected chi connectivity index (χ3v) is 3.74. The Labute approximate surface area is 109 Å². The Kier molecular flexibility index (Phi) is 3.88. The summed E-state index contributed by atoms with van der Waals surface area (Å²) in [5.74, 6) is 0. The second kappa shape index (κ2) is 5.41. The van der Waals surface area contributed by atoms with Crippen molar-refractivity contribution < 1.29 is 4.74 Å². The van der Waals surface area contributed by atoms with E-state index < -0.39 is 0 Å². The quantitative estimate of drug-likeness (QED) is 0.836. The van der Waals surface area contributed by atoms with Crippen LogP contribution in [0.2, 0.25) is 0 Å². The van der Waals surface area contributed by atoms with Crippen molar-refractivity contribution in [2.24, 2.45) is 5.41 Å². The van der Waals surface area contributed by atoms with E-state index in [1.807, 2.05) is 25.1 Å². The van der Waals surface area contributed by atoms with Gasteiger partial charge in [0.15, 0.2) is 0 Å². The average molecular weight is 244 g/mol. The first-order valence-corrected chi connectivity index (χ1v) is 6.43. The summed E-state index contributed by atoms with van der Waals surface area (Å²) in [4.78, 5) is 0. The van der Waals surface area contributed by atoms with Crippen molar-refractivity contribution in [1.29, 1.82) is 5.26 Å². The fraction of sp³-hybridized carbons (Fsp3) is 0.533. The van der Waals surface area contributed by atoms with Gasteiger partial charge < -0.3 is 10.1 Å². The molecule has 2 rings (SSSR count). The summed E-state index contributed by atoms with van der Waals surface area (Å²) < 4.78 is 5.15. The average Bonchev–Trinajstić information content (AvgIpc) is 3.15. The van der Waals surface area contributed by atoms with Crippen LogP contribution in [0.1, 0.15) is 30.4 Å². The summed E-state index contributed by atoms with van der Waals surface area (Å²) >= 11 is 0. The summed E-state index contributed by atoms with van der Waals surface area (Å²) in [6, 6.07) is 8.22. The number of benzene rings is 1. The van der Waals surface area contributed by atoms with E-state index in [1.54, 1.807) is 7.11 Å². The van der Waals surface area contributed by atoms with Crippen molar-refractivity contribution in [1.82, 2.24) is 0 Å². The highest BCUT2D eigenvalue weighted by Crippen LogP contribution is 2.48. The summed E-state index contributed by atoms with van der Waals surface area (Å²) in [5, 5.41) is 12.5. The van der Waals surface area contributed by atoms with Gasteiger partial charge >= 0.3 is 0 Å². The number of hydrogen-bond donors (Lipinski definition) is 1. The number of nitriles is 1. The van der Waals surface area contributed by atoms with E-state index in [0.717, 1.165) is 36.4 Å². The summed E-state index contributed by atoms with van der Waals surface area (Å²) in [5.41, 5.74) is 3.20. The highest BCUT2D eigenvalue weighted by atomic mass is 16.5. The molecule has 0 aromatic heterocycles. The van der Waals surface area contributed by atoms with Gasteiger partial charge in [-0.3, -0.25) is 0 Å². The van der Waals surface area contributed by atoms with Gasteiger partial charge in [0.25, 0.3) is 0 Å². The second-order valence-corrected chi connectivity index (χ2v) is 5.26. The topological polar surface area (TPSA) is 45.0 Å². The van der Waals surface area contributed by atoms with E-state index >= 15 is 0 Å². The van der Waals surface area contributed by atoms with Gasteiger partial charge in [-0.15, -0.1) is 0 Å². The third kappa shape index (κ3) is 3.02. The van der Waals surface area contributed by atoms with E-state index in [-0.39, 0.29) is 0 Å². The molecule has 1 fully saturated rings. The molecule has 0 amide bonds. The van der Waals surface area contributed by atoms with Crippen LogP contribution in [0.5, 0.6) is 0 Å². The number of nitrogens with zero attached hydrogens (tertiary/aromatic N) is 1. The van der Waals surface area contributed by atoms with E-state index in [9.17, 15) is 0 Å².